The Morgan fingerprint density at radius 2 is 2.50 bits per heavy atom. The van der Waals surface area contributed by atoms with E-state index < -0.39 is 0 Å². The molecule has 1 heterocycles. The largest absolute Gasteiger partial charge is 0.395 e. The third-order valence-electron chi connectivity index (χ3n) is 3.28. The Morgan fingerprint density at radius 1 is 1.75 bits per heavy atom. The average molecular weight is 295 g/mol. The lowest BCUT2D eigenvalue weighted by atomic mass is 10.2. The van der Waals surface area contributed by atoms with Gasteiger partial charge in [-0.1, -0.05) is 6.08 Å². The van der Waals surface area contributed by atoms with E-state index in [0.717, 1.165) is 22.7 Å². The smallest absolute Gasteiger partial charge is 0.318 e. The number of urea groups is 1. The van der Waals surface area contributed by atoms with Crippen LogP contribution in [0.25, 0.3) is 0 Å². The Balaban J connectivity index is 2.03. The van der Waals surface area contributed by atoms with E-state index in [9.17, 15) is 4.79 Å². The van der Waals surface area contributed by atoms with E-state index in [0.29, 0.717) is 19.0 Å². The maximum Gasteiger partial charge on any atom is 0.318 e. The van der Waals surface area contributed by atoms with Gasteiger partial charge in [-0.25, -0.2) is 9.78 Å². The Kier molecular flexibility index (Phi) is 5.14. The van der Waals surface area contributed by atoms with Gasteiger partial charge in [0.25, 0.3) is 0 Å². The first kappa shape index (κ1) is 15.0. The van der Waals surface area contributed by atoms with Crippen LogP contribution in [0, 0.1) is 12.8 Å². The second-order valence-corrected chi connectivity index (χ2v) is 6.30. The van der Waals surface area contributed by atoms with E-state index in [4.69, 9.17) is 5.11 Å². The van der Waals surface area contributed by atoms with Gasteiger partial charge in [0.05, 0.1) is 12.6 Å². The summed E-state index contributed by atoms with van der Waals surface area (Å²) in [5.74, 6) is 0.490. The molecule has 0 spiro atoms. The number of hydrogen-bond acceptors (Lipinski definition) is 4. The second kappa shape index (κ2) is 6.85. The molecule has 0 bridgehead atoms. The van der Waals surface area contributed by atoms with Gasteiger partial charge in [0, 0.05) is 24.2 Å². The van der Waals surface area contributed by atoms with Gasteiger partial charge in [0.1, 0.15) is 5.01 Å². The number of rotatable bonds is 7. The van der Waals surface area contributed by atoms with Crippen LogP contribution >= 0.6 is 11.3 Å². The molecule has 1 aromatic rings. The lowest BCUT2D eigenvalue weighted by Gasteiger charge is -2.24. The van der Waals surface area contributed by atoms with Gasteiger partial charge in [-0.3, -0.25) is 0 Å². The molecule has 2 N–H and O–H groups in total. The fourth-order valence-corrected chi connectivity index (χ4v) is 3.02. The van der Waals surface area contributed by atoms with Crippen molar-refractivity contribution in [2.45, 2.75) is 25.8 Å². The van der Waals surface area contributed by atoms with E-state index in [1.54, 1.807) is 22.3 Å². The summed E-state index contributed by atoms with van der Waals surface area (Å²) in [6, 6.07) is -0.170. The summed E-state index contributed by atoms with van der Waals surface area (Å²) in [6.07, 6.45) is 5.77. The van der Waals surface area contributed by atoms with Crippen LogP contribution in [0.15, 0.2) is 18.9 Å². The minimum atomic E-state index is -0.163. The van der Waals surface area contributed by atoms with Crippen LogP contribution in [0.2, 0.25) is 0 Å². The van der Waals surface area contributed by atoms with E-state index >= 15 is 0 Å². The number of carbonyl (C=O) groups is 1. The van der Waals surface area contributed by atoms with Gasteiger partial charge < -0.3 is 15.3 Å². The third kappa shape index (κ3) is 3.80. The SMILES string of the molecule is C=CCN(CCO)C(=O)NC(c1ncc(C)s1)C1CC1. The van der Waals surface area contributed by atoms with E-state index in [2.05, 4.69) is 16.9 Å². The fraction of sp³-hybridized carbons (Fsp3) is 0.571. The number of nitrogens with one attached hydrogen (secondary N) is 1. The topological polar surface area (TPSA) is 65.5 Å². The number of carbonyl (C=O) groups excluding carboxylic acids is 1. The quantitative estimate of drug-likeness (QED) is 0.757. The number of amides is 2. The summed E-state index contributed by atoms with van der Waals surface area (Å²) in [6.45, 7) is 6.35. The van der Waals surface area contributed by atoms with Gasteiger partial charge in [0.15, 0.2) is 0 Å². The summed E-state index contributed by atoms with van der Waals surface area (Å²) in [4.78, 5) is 19.4. The van der Waals surface area contributed by atoms with Crippen molar-refractivity contribution in [2.75, 3.05) is 19.7 Å². The number of thiazole rings is 1. The highest BCUT2D eigenvalue weighted by atomic mass is 32.1. The summed E-state index contributed by atoms with van der Waals surface area (Å²) in [7, 11) is 0. The van der Waals surface area contributed by atoms with Crippen molar-refractivity contribution < 1.29 is 9.90 Å². The zero-order valence-electron chi connectivity index (χ0n) is 11.7. The first-order chi connectivity index (χ1) is 9.65. The summed E-state index contributed by atoms with van der Waals surface area (Å²) >= 11 is 1.63. The number of nitrogens with zero attached hydrogens (tertiary/aromatic N) is 2. The van der Waals surface area contributed by atoms with Crippen LogP contribution < -0.4 is 5.32 Å². The van der Waals surface area contributed by atoms with Crippen LogP contribution in [0.4, 0.5) is 4.79 Å². The predicted molar refractivity (Wildman–Crippen MR) is 79.7 cm³/mol. The maximum absolute atomic E-state index is 12.3. The standard InChI is InChI=1S/C14H21N3O2S/c1-3-6-17(7-8-18)14(19)16-12(11-4-5-11)13-15-9-10(2)20-13/h3,9,11-12,18H,1,4-8H2,2H3,(H,16,19). The highest BCUT2D eigenvalue weighted by molar-refractivity contribution is 7.11. The fourth-order valence-electron chi connectivity index (χ4n) is 2.10. The molecule has 0 saturated heterocycles. The molecule has 0 aromatic carbocycles. The number of aryl methyl sites for hydroxylation is 1. The molecule has 1 unspecified atom stereocenters. The van der Waals surface area contributed by atoms with Crippen LogP contribution in [0.3, 0.4) is 0 Å². The summed E-state index contributed by atoms with van der Waals surface area (Å²) < 4.78 is 0. The lowest BCUT2D eigenvalue weighted by molar-refractivity contribution is 0.179. The van der Waals surface area contributed by atoms with Crippen LogP contribution in [-0.4, -0.2) is 40.7 Å². The molecule has 2 rings (SSSR count). The molecule has 110 valence electrons. The molecule has 0 aliphatic heterocycles. The molecular weight excluding hydrogens is 274 g/mol. The third-order valence-corrected chi connectivity index (χ3v) is 4.28. The first-order valence-corrected chi connectivity index (χ1v) is 7.67. The normalized spacial score (nSPS) is 15.7. The molecule has 1 atom stereocenters. The molecule has 2 amide bonds. The molecule has 1 fully saturated rings. The Bertz CT molecular complexity index is 471. The summed E-state index contributed by atoms with van der Waals surface area (Å²) in [5, 5.41) is 13.0. The highest BCUT2D eigenvalue weighted by Gasteiger charge is 2.35. The van der Waals surface area contributed by atoms with Gasteiger partial charge >= 0.3 is 6.03 Å². The molecule has 1 aliphatic rings. The number of aliphatic hydroxyl groups excluding tert-OH is 1. The Morgan fingerprint density at radius 3 is 3.00 bits per heavy atom. The van der Waals surface area contributed by atoms with Crippen LogP contribution in [0.1, 0.15) is 28.8 Å². The maximum atomic E-state index is 12.3. The van der Waals surface area contributed by atoms with Gasteiger partial charge in [0.2, 0.25) is 0 Å². The van der Waals surface area contributed by atoms with Gasteiger partial charge in [-0.05, 0) is 25.7 Å². The van der Waals surface area contributed by atoms with Gasteiger partial charge in [-0.2, -0.15) is 0 Å². The highest BCUT2D eigenvalue weighted by Crippen LogP contribution is 2.42. The van der Waals surface area contributed by atoms with Crippen molar-refractivity contribution in [3.8, 4) is 0 Å². The average Bonchev–Trinajstić information content (AvgIpc) is 3.17. The number of aromatic nitrogens is 1. The zero-order valence-corrected chi connectivity index (χ0v) is 12.5. The summed E-state index contributed by atoms with van der Waals surface area (Å²) in [5.41, 5.74) is 0. The molecule has 6 heteroatoms. The molecule has 1 saturated carbocycles. The Labute approximate surface area is 123 Å². The first-order valence-electron chi connectivity index (χ1n) is 6.85. The van der Waals surface area contributed by atoms with E-state index in [1.807, 2.05) is 13.1 Å². The van der Waals surface area contributed by atoms with E-state index in [1.165, 1.54) is 0 Å². The molecule has 20 heavy (non-hydrogen) atoms. The van der Waals surface area contributed by atoms with E-state index in [-0.39, 0.29) is 18.7 Å². The monoisotopic (exact) mass is 295 g/mol. The second-order valence-electron chi connectivity index (χ2n) is 5.03. The lowest BCUT2D eigenvalue weighted by Crippen LogP contribution is -2.43. The van der Waals surface area contributed by atoms with Crippen molar-refractivity contribution in [3.63, 3.8) is 0 Å². The van der Waals surface area contributed by atoms with Crippen molar-refractivity contribution in [3.05, 3.63) is 28.7 Å². The number of aliphatic hydroxyl groups is 1. The van der Waals surface area contributed by atoms with Gasteiger partial charge in [-0.15, -0.1) is 17.9 Å². The predicted octanol–water partition coefficient (Wildman–Crippen LogP) is 2.09. The van der Waals surface area contributed by atoms with Crippen LogP contribution in [-0.2, 0) is 0 Å². The van der Waals surface area contributed by atoms with Crippen molar-refractivity contribution in [1.29, 1.82) is 0 Å². The number of hydrogen-bond donors (Lipinski definition) is 2. The van der Waals surface area contributed by atoms with Crippen LogP contribution in [0.5, 0.6) is 0 Å². The van der Waals surface area contributed by atoms with Crippen molar-refractivity contribution in [1.82, 2.24) is 15.2 Å². The van der Waals surface area contributed by atoms with Crippen molar-refractivity contribution in [2.24, 2.45) is 5.92 Å². The molecule has 1 aliphatic carbocycles. The molecule has 1 aromatic heterocycles. The Hall–Kier alpha value is -1.40. The minimum Gasteiger partial charge on any atom is -0.395 e. The molecule has 5 nitrogen and oxygen atoms in total. The zero-order chi connectivity index (χ0) is 14.5. The molecular formula is C14H21N3O2S. The van der Waals surface area contributed by atoms with Crippen molar-refractivity contribution >= 4 is 17.4 Å². The minimum absolute atomic E-state index is 0.00721. The molecule has 0 radical (unpaired) electrons.